The molecule has 2 nitrogen and oxygen atoms in total. The first-order chi connectivity index (χ1) is 8.93. The molecule has 1 aliphatic heterocycles. The third-order valence-electron chi connectivity index (χ3n) is 4.30. The van der Waals surface area contributed by atoms with Gasteiger partial charge in [0, 0.05) is 25.0 Å². The molecule has 98 valence electrons. The largest absolute Gasteiger partial charge is 0.312 e. The molecule has 2 fully saturated rings. The van der Waals surface area contributed by atoms with E-state index in [2.05, 4.69) is 40.5 Å². The molecule has 0 bridgehead atoms. The van der Waals surface area contributed by atoms with Crippen LogP contribution in [0.15, 0.2) is 30.3 Å². The molecule has 0 amide bonds. The summed E-state index contributed by atoms with van der Waals surface area (Å²) < 4.78 is 0. The molecular weight excluding hydrogens is 220 g/mol. The highest BCUT2D eigenvalue weighted by Gasteiger charge is 2.37. The van der Waals surface area contributed by atoms with Gasteiger partial charge in [0.05, 0.1) is 0 Å². The lowest BCUT2D eigenvalue weighted by Gasteiger charge is -2.26. The topological polar surface area (TPSA) is 15.3 Å². The second-order valence-corrected chi connectivity index (χ2v) is 5.72. The van der Waals surface area contributed by atoms with Crippen LogP contribution < -0.4 is 5.32 Å². The average Bonchev–Trinajstić information content (AvgIpc) is 3.21. The van der Waals surface area contributed by atoms with Crippen LogP contribution >= 0.6 is 0 Å². The minimum atomic E-state index is 0.734. The maximum Gasteiger partial charge on any atom is 0.0143 e. The van der Waals surface area contributed by atoms with Crippen molar-refractivity contribution in [3.8, 4) is 0 Å². The van der Waals surface area contributed by atoms with Gasteiger partial charge in [-0.05, 0) is 37.9 Å². The van der Waals surface area contributed by atoms with Gasteiger partial charge in [-0.2, -0.15) is 0 Å². The Morgan fingerprint density at radius 3 is 2.61 bits per heavy atom. The molecule has 1 saturated heterocycles. The number of nitrogens with one attached hydrogen (secondary N) is 1. The summed E-state index contributed by atoms with van der Waals surface area (Å²) in [5.41, 5.74) is 1.51. The van der Waals surface area contributed by atoms with Crippen LogP contribution in [0, 0.1) is 0 Å². The van der Waals surface area contributed by atoms with Crippen molar-refractivity contribution in [2.45, 2.75) is 37.6 Å². The van der Waals surface area contributed by atoms with Crippen molar-refractivity contribution in [3.63, 3.8) is 0 Å². The van der Waals surface area contributed by atoms with Crippen LogP contribution in [-0.2, 0) is 0 Å². The molecule has 0 radical (unpaired) electrons. The fourth-order valence-electron chi connectivity index (χ4n) is 3.08. The van der Waals surface area contributed by atoms with E-state index >= 15 is 0 Å². The maximum absolute atomic E-state index is 3.71. The summed E-state index contributed by atoms with van der Waals surface area (Å²) in [5, 5.41) is 3.71. The summed E-state index contributed by atoms with van der Waals surface area (Å²) in [6.07, 6.45) is 5.55. The van der Waals surface area contributed by atoms with Crippen molar-refractivity contribution < 1.29 is 0 Å². The predicted molar refractivity (Wildman–Crippen MR) is 75.9 cm³/mol. The van der Waals surface area contributed by atoms with Gasteiger partial charge in [-0.3, -0.25) is 0 Å². The highest BCUT2D eigenvalue weighted by atomic mass is 15.1. The number of hydrogen-bond donors (Lipinski definition) is 1. The number of piperidine rings is 1. The van der Waals surface area contributed by atoms with Gasteiger partial charge in [-0.1, -0.05) is 36.8 Å². The van der Waals surface area contributed by atoms with Crippen LogP contribution in [0.5, 0.6) is 0 Å². The number of rotatable bonds is 5. The third-order valence-corrected chi connectivity index (χ3v) is 4.30. The van der Waals surface area contributed by atoms with Crippen LogP contribution in [0.3, 0.4) is 0 Å². The van der Waals surface area contributed by atoms with E-state index in [0.717, 1.165) is 18.5 Å². The van der Waals surface area contributed by atoms with Gasteiger partial charge in [0.15, 0.2) is 0 Å². The number of nitrogens with zero attached hydrogens (tertiary/aromatic N) is 1. The van der Waals surface area contributed by atoms with E-state index in [1.807, 2.05) is 0 Å². The quantitative estimate of drug-likeness (QED) is 0.856. The fourth-order valence-corrected chi connectivity index (χ4v) is 3.08. The van der Waals surface area contributed by atoms with Crippen LogP contribution in [0.4, 0.5) is 0 Å². The highest BCUT2D eigenvalue weighted by Crippen LogP contribution is 2.40. The molecule has 1 aromatic rings. The van der Waals surface area contributed by atoms with Gasteiger partial charge in [0.25, 0.3) is 0 Å². The van der Waals surface area contributed by atoms with E-state index in [1.54, 1.807) is 0 Å². The summed E-state index contributed by atoms with van der Waals surface area (Å²) in [6, 6.07) is 11.7. The number of likely N-dealkylation sites (tertiary alicyclic amines) is 1. The Labute approximate surface area is 110 Å². The van der Waals surface area contributed by atoms with Crippen molar-refractivity contribution in [3.05, 3.63) is 35.9 Å². The van der Waals surface area contributed by atoms with Crippen molar-refractivity contribution in [2.75, 3.05) is 26.2 Å². The second-order valence-electron chi connectivity index (χ2n) is 5.72. The van der Waals surface area contributed by atoms with E-state index in [-0.39, 0.29) is 0 Å². The summed E-state index contributed by atoms with van der Waals surface area (Å²) in [5.74, 6) is 0.771. The summed E-state index contributed by atoms with van der Waals surface area (Å²) in [7, 11) is 0. The minimum Gasteiger partial charge on any atom is -0.312 e. The molecule has 2 atom stereocenters. The molecule has 1 aliphatic carbocycles. The van der Waals surface area contributed by atoms with Crippen LogP contribution in [-0.4, -0.2) is 37.1 Å². The van der Waals surface area contributed by atoms with E-state index in [9.17, 15) is 0 Å². The zero-order valence-electron chi connectivity index (χ0n) is 11.1. The molecule has 1 saturated carbocycles. The molecule has 3 rings (SSSR count). The van der Waals surface area contributed by atoms with E-state index in [0.29, 0.717) is 0 Å². The SMILES string of the molecule is c1ccc(C2C[C@@H]2NCCN2CCCCC2)cc1. The van der Waals surface area contributed by atoms with E-state index in [4.69, 9.17) is 0 Å². The molecule has 2 heteroatoms. The smallest absolute Gasteiger partial charge is 0.0143 e. The van der Waals surface area contributed by atoms with Crippen molar-refractivity contribution in [1.82, 2.24) is 10.2 Å². The van der Waals surface area contributed by atoms with E-state index < -0.39 is 0 Å². The maximum atomic E-state index is 3.71. The third kappa shape index (κ3) is 3.12. The first-order valence-corrected chi connectivity index (χ1v) is 7.44. The zero-order chi connectivity index (χ0) is 12.2. The average molecular weight is 244 g/mol. The highest BCUT2D eigenvalue weighted by molar-refractivity contribution is 5.27. The molecular formula is C16H24N2. The van der Waals surface area contributed by atoms with E-state index in [1.165, 1.54) is 50.9 Å². The van der Waals surface area contributed by atoms with Gasteiger partial charge < -0.3 is 10.2 Å². The Morgan fingerprint density at radius 1 is 1.06 bits per heavy atom. The molecule has 0 spiro atoms. The molecule has 0 aromatic heterocycles. The van der Waals surface area contributed by atoms with Gasteiger partial charge in [0.2, 0.25) is 0 Å². The first kappa shape index (κ1) is 12.2. The molecule has 1 aromatic carbocycles. The van der Waals surface area contributed by atoms with Gasteiger partial charge in [0.1, 0.15) is 0 Å². The summed E-state index contributed by atoms with van der Waals surface area (Å²) in [4.78, 5) is 2.61. The van der Waals surface area contributed by atoms with Gasteiger partial charge >= 0.3 is 0 Å². The molecule has 2 aliphatic rings. The monoisotopic (exact) mass is 244 g/mol. The molecule has 1 unspecified atom stereocenters. The number of hydrogen-bond acceptors (Lipinski definition) is 2. The Morgan fingerprint density at radius 2 is 1.83 bits per heavy atom. The van der Waals surface area contributed by atoms with Gasteiger partial charge in [-0.15, -0.1) is 0 Å². The Hall–Kier alpha value is -0.860. The minimum absolute atomic E-state index is 0.734. The van der Waals surface area contributed by atoms with Crippen molar-refractivity contribution in [1.29, 1.82) is 0 Å². The Bertz CT molecular complexity index is 357. The van der Waals surface area contributed by atoms with Crippen molar-refractivity contribution >= 4 is 0 Å². The summed E-state index contributed by atoms with van der Waals surface area (Å²) >= 11 is 0. The molecule has 1 heterocycles. The van der Waals surface area contributed by atoms with Crippen LogP contribution in [0.1, 0.15) is 37.2 Å². The fraction of sp³-hybridized carbons (Fsp3) is 0.625. The Kier molecular flexibility index (Phi) is 3.96. The number of benzene rings is 1. The lowest BCUT2D eigenvalue weighted by molar-refractivity contribution is 0.229. The lowest BCUT2D eigenvalue weighted by atomic mass is 10.1. The first-order valence-electron chi connectivity index (χ1n) is 7.44. The standard InChI is InChI=1S/C16H24N2/c1-3-7-14(8-4-1)15-13-16(15)17-9-12-18-10-5-2-6-11-18/h1,3-4,7-8,15-17H,2,5-6,9-13H2/t15?,16-/m0/s1. The normalized spacial score (nSPS) is 28.2. The predicted octanol–water partition coefficient (Wildman–Crippen LogP) is 2.62. The molecule has 1 N–H and O–H groups in total. The zero-order valence-corrected chi connectivity index (χ0v) is 11.1. The van der Waals surface area contributed by atoms with Gasteiger partial charge in [-0.25, -0.2) is 0 Å². The second kappa shape index (κ2) is 5.85. The van der Waals surface area contributed by atoms with Crippen LogP contribution in [0.2, 0.25) is 0 Å². The molecule has 18 heavy (non-hydrogen) atoms. The lowest BCUT2D eigenvalue weighted by Crippen LogP contribution is -2.36. The Balaban J connectivity index is 1.36. The van der Waals surface area contributed by atoms with Crippen molar-refractivity contribution in [2.24, 2.45) is 0 Å². The van der Waals surface area contributed by atoms with Crippen LogP contribution in [0.25, 0.3) is 0 Å². The summed E-state index contributed by atoms with van der Waals surface area (Å²) in [6.45, 7) is 5.02.